The van der Waals surface area contributed by atoms with Gasteiger partial charge in [-0.05, 0) is 0 Å². The van der Waals surface area contributed by atoms with Crippen LogP contribution in [0.15, 0.2) is 12.4 Å². The van der Waals surface area contributed by atoms with E-state index in [2.05, 4.69) is 20.2 Å². The summed E-state index contributed by atoms with van der Waals surface area (Å²) in [5.41, 5.74) is -0.226. The summed E-state index contributed by atoms with van der Waals surface area (Å²) in [6.45, 7) is 2.35. The van der Waals surface area contributed by atoms with Crippen LogP contribution in [0.4, 0.5) is 5.95 Å². The maximum absolute atomic E-state index is 11.9. The van der Waals surface area contributed by atoms with Crippen LogP contribution in [0.25, 0.3) is 0 Å². The Morgan fingerprint density at radius 3 is 2.78 bits per heavy atom. The number of hydrogen-bond donors (Lipinski definition) is 2. The molecule has 1 saturated heterocycles. The maximum Gasteiger partial charge on any atom is 0.225 e. The van der Waals surface area contributed by atoms with E-state index < -0.39 is 5.60 Å². The molecule has 1 aliphatic rings. The molecule has 128 valence electrons. The highest BCUT2D eigenvalue weighted by Gasteiger charge is 2.35. The largest absolute Gasteiger partial charge is 0.386 e. The second-order valence-electron chi connectivity index (χ2n) is 6.12. The number of anilines is 1. The number of hydrogen-bond acceptors (Lipinski definition) is 7. The van der Waals surface area contributed by atoms with Gasteiger partial charge in [0.2, 0.25) is 11.9 Å². The van der Waals surface area contributed by atoms with E-state index in [0.29, 0.717) is 32.2 Å². The Morgan fingerprint density at radius 1 is 1.48 bits per heavy atom. The van der Waals surface area contributed by atoms with Gasteiger partial charge < -0.3 is 20.1 Å². The second-order valence-corrected chi connectivity index (χ2v) is 6.12. The molecule has 1 aliphatic heterocycles. The first-order valence-electron chi connectivity index (χ1n) is 7.63. The molecule has 1 amide bonds. The highest BCUT2D eigenvalue weighted by molar-refractivity contribution is 5.76. The van der Waals surface area contributed by atoms with Gasteiger partial charge in [0, 0.05) is 58.7 Å². The van der Waals surface area contributed by atoms with Gasteiger partial charge in [0.05, 0.1) is 19.6 Å². The molecular formula is C15H25N5O3. The second kappa shape index (κ2) is 7.67. The molecule has 0 saturated carbocycles. The number of carbonyl (C=O) groups is 1. The van der Waals surface area contributed by atoms with Crippen LogP contribution in [-0.2, 0) is 16.1 Å². The van der Waals surface area contributed by atoms with Gasteiger partial charge in [-0.1, -0.05) is 0 Å². The fraction of sp³-hybridized carbons (Fsp3) is 0.667. The van der Waals surface area contributed by atoms with Crippen LogP contribution in [0.3, 0.4) is 0 Å². The van der Waals surface area contributed by atoms with Gasteiger partial charge in [-0.2, -0.15) is 0 Å². The first kappa shape index (κ1) is 17.6. The van der Waals surface area contributed by atoms with Crippen molar-refractivity contribution < 1.29 is 14.6 Å². The highest BCUT2D eigenvalue weighted by Crippen LogP contribution is 2.19. The summed E-state index contributed by atoms with van der Waals surface area (Å²) in [7, 11) is 5.13. The van der Waals surface area contributed by atoms with Crippen molar-refractivity contribution in [3.8, 4) is 0 Å². The molecule has 0 spiro atoms. The van der Waals surface area contributed by atoms with Gasteiger partial charge in [0.15, 0.2) is 0 Å². The van der Waals surface area contributed by atoms with Crippen LogP contribution < -0.4 is 5.32 Å². The highest BCUT2D eigenvalue weighted by atomic mass is 16.5. The average molecular weight is 323 g/mol. The maximum atomic E-state index is 11.9. The predicted molar refractivity (Wildman–Crippen MR) is 85.9 cm³/mol. The topological polar surface area (TPSA) is 90.8 Å². The Hall–Kier alpha value is -1.77. The monoisotopic (exact) mass is 323 g/mol. The zero-order chi connectivity index (χ0) is 16.9. The number of amides is 1. The van der Waals surface area contributed by atoms with E-state index in [0.717, 1.165) is 5.56 Å². The molecule has 8 heteroatoms. The number of carbonyl (C=O) groups excluding carboxylic acids is 1. The van der Waals surface area contributed by atoms with Crippen molar-refractivity contribution in [2.24, 2.45) is 0 Å². The standard InChI is InChI=1S/C15H25N5O3/c1-16-14-17-7-12(8-18-14)9-20-4-5-23-11-15(22,10-20)6-13(21)19(2)3/h7-8,22H,4-6,9-11H2,1-3H3,(H,16,17,18)/t15-/m0/s1. The molecule has 0 bridgehead atoms. The molecule has 2 rings (SSSR count). The Bertz CT molecular complexity index is 522. The summed E-state index contributed by atoms with van der Waals surface area (Å²) in [6, 6.07) is 0. The third-order valence-corrected chi connectivity index (χ3v) is 3.75. The number of aliphatic hydroxyl groups is 1. The Kier molecular flexibility index (Phi) is 5.86. The smallest absolute Gasteiger partial charge is 0.225 e. The Balaban J connectivity index is 2.01. The minimum Gasteiger partial charge on any atom is -0.386 e. The van der Waals surface area contributed by atoms with Crippen molar-refractivity contribution in [3.05, 3.63) is 18.0 Å². The summed E-state index contributed by atoms with van der Waals surface area (Å²) in [5, 5.41) is 13.6. The first-order chi connectivity index (χ1) is 10.9. The fourth-order valence-electron chi connectivity index (χ4n) is 2.50. The van der Waals surface area contributed by atoms with E-state index in [1.807, 2.05) is 0 Å². The van der Waals surface area contributed by atoms with E-state index >= 15 is 0 Å². The van der Waals surface area contributed by atoms with Crippen molar-refractivity contribution in [2.75, 3.05) is 52.8 Å². The van der Waals surface area contributed by atoms with Gasteiger partial charge >= 0.3 is 0 Å². The molecule has 0 aromatic carbocycles. The van der Waals surface area contributed by atoms with Gasteiger partial charge in [-0.15, -0.1) is 0 Å². The van der Waals surface area contributed by atoms with E-state index in [9.17, 15) is 9.90 Å². The minimum atomic E-state index is -1.18. The van der Waals surface area contributed by atoms with Crippen molar-refractivity contribution in [3.63, 3.8) is 0 Å². The van der Waals surface area contributed by atoms with E-state index in [1.165, 1.54) is 4.90 Å². The lowest BCUT2D eigenvalue weighted by atomic mass is 9.99. The number of nitrogens with zero attached hydrogens (tertiary/aromatic N) is 4. The number of ether oxygens (including phenoxy) is 1. The summed E-state index contributed by atoms with van der Waals surface area (Å²) in [4.78, 5) is 23.9. The van der Waals surface area contributed by atoms with Crippen LogP contribution in [-0.4, -0.2) is 83.8 Å². The quantitative estimate of drug-likeness (QED) is 0.759. The molecule has 1 fully saturated rings. The van der Waals surface area contributed by atoms with Crippen LogP contribution in [0.2, 0.25) is 0 Å². The molecule has 2 heterocycles. The lowest BCUT2D eigenvalue weighted by molar-refractivity contribution is -0.136. The summed E-state index contributed by atoms with van der Waals surface area (Å²) >= 11 is 0. The molecular weight excluding hydrogens is 298 g/mol. The van der Waals surface area contributed by atoms with E-state index in [1.54, 1.807) is 33.5 Å². The molecule has 1 atom stereocenters. The molecule has 0 radical (unpaired) electrons. The molecule has 2 N–H and O–H groups in total. The molecule has 8 nitrogen and oxygen atoms in total. The number of nitrogens with one attached hydrogen (secondary N) is 1. The normalized spacial score (nSPS) is 22.4. The fourth-order valence-corrected chi connectivity index (χ4v) is 2.50. The number of β-amino-alcohol motifs (C(OH)–C–C–N with tert-alkyl or cyclic N) is 1. The molecule has 1 aromatic heterocycles. The molecule has 23 heavy (non-hydrogen) atoms. The van der Waals surface area contributed by atoms with Gasteiger partial charge in [0.1, 0.15) is 5.60 Å². The molecule has 0 unspecified atom stereocenters. The SMILES string of the molecule is CNc1ncc(CN2CCOC[C@](O)(CC(=O)N(C)C)C2)cn1. The summed E-state index contributed by atoms with van der Waals surface area (Å²) < 4.78 is 5.49. The Morgan fingerprint density at radius 2 is 2.17 bits per heavy atom. The summed E-state index contributed by atoms with van der Waals surface area (Å²) in [6.07, 6.45) is 3.56. The number of rotatable bonds is 5. The van der Waals surface area contributed by atoms with E-state index in [-0.39, 0.29) is 18.9 Å². The average Bonchev–Trinajstić information content (AvgIpc) is 2.69. The first-order valence-corrected chi connectivity index (χ1v) is 7.63. The zero-order valence-corrected chi connectivity index (χ0v) is 13.9. The van der Waals surface area contributed by atoms with Crippen LogP contribution in [0, 0.1) is 0 Å². The lowest BCUT2D eigenvalue weighted by Gasteiger charge is -2.31. The van der Waals surface area contributed by atoms with Crippen LogP contribution >= 0.6 is 0 Å². The Labute approximate surface area is 136 Å². The van der Waals surface area contributed by atoms with Crippen LogP contribution in [0.5, 0.6) is 0 Å². The van der Waals surface area contributed by atoms with Crippen molar-refractivity contribution in [1.82, 2.24) is 19.8 Å². The van der Waals surface area contributed by atoms with Gasteiger partial charge in [-0.25, -0.2) is 9.97 Å². The predicted octanol–water partition coefficient (Wildman–Crippen LogP) is -0.440. The summed E-state index contributed by atoms with van der Waals surface area (Å²) in [5.74, 6) is 0.459. The third kappa shape index (κ3) is 5.12. The lowest BCUT2D eigenvalue weighted by Crippen LogP contribution is -2.47. The van der Waals surface area contributed by atoms with Gasteiger partial charge in [-0.3, -0.25) is 9.69 Å². The number of aromatic nitrogens is 2. The zero-order valence-electron chi connectivity index (χ0n) is 13.9. The third-order valence-electron chi connectivity index (χ3n) is 3.75. The molecule has 1 aromatic rings. The molecule has 0 aliphatic carbocycles. The van der Waals surface area contributed by atoms with E-state index in [4.69, 9.17) is 4.74 Å². The van der Waals surface area contributed by atoms with Gasteiger partial charge in [0.25, 0.3) is 0 Å². The van der Waals surface area contributed by atoms with Crippen LogP contribution in [0.1, 0.15) is 12.0 Å². The minimum absolute atomic E-state index is 0.0473. The van der Waals surface area contributed by atoms with Crippen molar-refractivity contribution in [2.45, 2.75) is 18.6 Å². The van der Waals surface area contributed by atoms with Crippen molar-refractivity contribution in [1.29, 1.82) is 0 Å². The van der Waals surface area contributed by atoms with Crippen molar-refractivity contribution >= 4 is 11.9 Å².